The molecule has 1 atom stereocenters. The molecule has 0 aliphatic carbocycles. The van der Waals surface area contributed by atoms with E-state index in [0.29, 0.717) is 6.42 Å². The molecule has 0 aliphatic heterocycles. The average Bonchev–Trinajstić information content (AvgIpc) is 2.01. The minimum atomic E-state index is -0.240. The molecule has 0 fully saturated rings. The average molecular weight is 188 g/mol. The monoisotopic (exact) mass is 188 g/mol. The van der Waals surface area contributed by atoms with Crippen LogP contribution in [-0.2, 0) is 9.59 Å². The summed E-state index contributed by atoms with van der Waals surface area (Å²) in [6.45, 7) is 3.18. The maximum Gasteiger partial charge on any atom is 0.239 e. The summed E-state index contributed by atoms with van der Waals surface area (Å²) in [5.74, 6) is -0.471. The van der Waals surface area contributed by atoms with E-state index in [2.05, 4.69) is 10.6 Å². The standard InChI is InChI=1S/C8H16N2O3/c1-6(3-4-11)10-8(13)5-9-7(2)12/h6,11H,3-5H2,1-2H3,(H,9,12)(H,10,13). The molecule has 0 radical (unpaired) electrons. The van der Waals surface area contributed by atoms with Gasteiger partial charge in [0.25, 0.3) is 0 Å². The van der Waals surface area contributed by atoms with E-state index in [0.717, 1.165) is 0 Å². The highest BCUT2D eigenvalue weighted by Gasteiger charge is 2.06. The molecular weight excluding hydrogens is 172 g/mol. The van der Waals surface area contributed by atoms with Crippen molar-refractivity contribution in [3.8, 4) is 0 Å². The molecule has 3 N–H and O–H groups in total. The summed E-state index contributed by atoms with van der Waals surface area (Å²) >= 11 is 0. The van der Waals surface area contributed by atoms with Crippen molar-refractivity contribution in [2.24, 2.45) is 0 Å². The predicted molar refractivity (Wildman–Crippen MR) is 48.0 cm³/mol. The molecule has 5 heteroatoms. The Kier molecular flexibility index (Phi) is 5.88. The molecule has 0 bridgehead atoms. The molecule has 0 saturated heterocycles. The zero-order chi connectivity index (χ0) is 10.3. The van der Waals surface area contributed by atoms with Crippen LogP contribution in [0.25, 0.3) is 0 Å². The molecule has 0 aromatic heterocycles. The Balaban J connectivity index is 3.55. The highest BCUT2D eigenvalue weighted by molar-refractivity contribution is 5.83. The number of carbonyl (C=O) groups is 2. The summed E-state index contributed by atoms with van der Waals surface area (Å²) in [6, 6.07) is -0.0636. The summed E-state index contributed by atoms with van der Waals surface area (Å²) in [6.07, 6.45) is 0.520. The molecule has 0 aromatic carbocycles. The first kappa shape index (κ1) is 11.9. The summed E-state index contributed by atoms with van der Waals surface area (Å²) < 4.78 is 0. The molecule has 0 aliphatic rings. The number of nitrogens with one attached hydrogen (secondary N) is 2. The van der Waals surface area contributed by atoms with Gasteiger partial charge in [0.2, 0.25) is 11.8 Å². The summed E-state index contributed by atoms with van der Waals surface area (Å²) in [7, 11) is 0. The summed E-state index contributed by atoms with van der Waals surface area (Å²) in [5, 5.41) is 13.5. The molecule has 5 nitrogen and oxygen atoms in total. The van der Waals surface area contributed by atoms with E-state index >= 15 is 0 Å². The van der Waals surface area contributed by atoms with Gasteiger partial charge in [0, 0.05) is 19.6 Å². The molecule has 1 unspecified atom stereocenters. The first-order chi connectivity index (χ1) is 6.06. The lowest BCUT2D eigenvalue weighted by Gasteiger charge is -2.12. The molecule has 76 valence electrons. The third kappa shape index (κ3) is 7.27. The number of amides is 2. The Morgan fingerprint density at radius 2 is 2.08 bits per heavy atom. The van der Waals surface area contributed by atoms with Gasteiger partial charge in [-0.2, -0.15) is 0 Å². The molecule has 0 heterocycles. The van der Waals surface area contributed by atoms with Crippen molar-refractivity contribution >= 4 is 11.8 Å². The molecular formula is C8H16N2O3. The highest BCUT2D eigenvalue weighted by atomic mass is 16.3. The van der Waals surface area contributed by atoms with E-state index in [-0.39, 0.29) is 31.0 Å². The maximum atomic E-state index is 11.0. The van der Waals surface area contributed by atoms with Crippen molar-refractivity contribution in [3.63, 3.8) is 0 Å². The van der Waals surface area contributed by atoms with Crippen LogP contribution >= 0.6 is 0 Å². The predicted octanol–water partition coefficient (Wildman–Crippen LogP) is -0.990. The van der Waals surface area contributed by atoms with Crippen LogP contribution in [-0.4, -0.2) is 36.1 Å². The Labute approximate surface area is 77.5 Å². The Morgan fingerprint density at radius 1 is 1.46 bits per heavy atom. The minimum Gasteiger partial charge on any atom is -0.396 e. The van der Waals surface area contributed by atoms with Gasteiger partial charge in [-0.1, -0.05) is 0 Å². The first-order valence-corrected chi connectivity index (χ1v) is 4.21. The number of hydrogen-bond donors (Lipinski definition) is 3. The van der Waals surface area contributed by atoms with Gasteiger partial charge in [-0.25, -0.2) is 0 Å². The quantitative estimate of drug-likeness (QED) is 0.518. The van der Waals surface area contributed by atoms with Crippen molar-refractivity contribution in [1.82, 2.24) is 10.6 Å². The second-order valence-corrected chi connectivity index (χ2v) is 2.89. The number of hydrogen-bond acceptors (Lipinski definition) is 3. The lowest BCUT2D eigenvalue weighted by molar-refractivity contribution is -0.125. The SMILES string of the molecule is CC(=O)NCC(=O)NC(C)CCO. The molecule has 0 saturated carbocycles. The molecule has 0 spiro atoms. The van der Waals surface area contributed by atoms with Gasteiger partial charge in [-0.05, 0) is 13.3 Å². The van der Waals surface area contributed by atoms with Gasteiger partial charge in [0.15, 0.2) is 0 Å². The van der Waals surface area contributed by atoms with Crippen molar-refractivity contribution in [2.45, 2.75) is 26.3 Å². The second kappa shape index (κ2) is 6.42. The number of aliphatic hydroxyl groups is 1. The van der Waals surface area contributed by atoms with Crippen molar-refractivity contribution in [1.29, 1.82) is 0 Å². The second-order valence-electron chi connectivity index (χ2n) is 2.89. The van der Waals surface area contributed by atoms with Crippen LogP contribution in [0.1, 0.15) is 20.3 Å². The van der Waals surface area contributed by atoms with E-state index in [9.17, 15) is 9.59 Å². The topological polar surface area (TPSA) is 78.4 Å². The highest BCUT2D eigenvalue weighted by Crippen LogP contribution is 1.87. The summed E-state index contributed by atoms with van der Waals surface area (Å²) in [5.41, 5.74) is 0. The van der Waals surface area contributed by atoms with Crippen LogP contribution in [0.15, 0.2) is 0 Å². The van der Waals surface area contributed by atoms with Crippen LogP contribution in [0.3, 0.4) is 0 Å². The van der Waals surface area contributed by atoms with Crippen LogP contribution < -0.4 is 10.6 Å². The van der Waals surface area contributed by atoms with E-state index in [4.69, 9.17) is 5.11 Å². The lowest BCUT2D eigenvalue weighted by Crippen LogP contribution is -2.40. The number of carbonyl (C=O) groups excluding carboxylic acids is 2. The van der Waals surface area contributed by atoms with Crippen LogP contribution in [0, 0.1) is 0 Å². The third-order valence-corrected chi connectivity index (χ3v) is 1.47. The zero-order valence-corrected chi connectivity index (χ0v) is 7.96. The van der Waals surface area contributed by atoms with Crippen LogP contribution in [0.5, 0.6) is 0 Å². The van der Waals surface area contributed by atoms with Gasteiger partial charge < -0.3 is 15.7 Å². The van der Waals surface area contributed by atoms with Crippen LogP contribution in [0.4, 0.5) is 0 Å². The molecule has 0 rings (SSSR count). The largest absolute Gasteiger partial charge is 0.396 e. The van der Waals surface area contributed by atoms with E-state index in [1.54, 1.807) is 6.92 Å². The first-order valence-electron chi connectivity index (χ1n) is 4.21. The molecule has 13 heavy (non-hydrogen) atoms. The van der Waals surface area contributed by atoms with E-state index in [1.165, 1.54) is 6.92 Å². The molecule has 0 aromatic rings. The normalized spacial score (nSPS) is 11.9. The van der Waals surface area contributed by atoms with Gasteiger partial charge >= 0.3 is 0 Å². The van der Waals surface area contributed by atoms with Crippen molar-refractivity contribution in [2.75, 3.05) is 13.2 Å². The van der Waals surface area contributed by atoms with Gasteiger partial charge in [0.1, 0.15) is 0 Å². The van der Waals surface area contributed by atoms with Gasteiger partial charge in [-0.3, -0.25) is 9.59 Å². The maximum absolute atomic E-state index is 11.0. The third-order valence-electron chi connectivity index (χ3n) is 1.47. The fraction of sp³-hybridized carbons (Fsp3) is 0.750. The fourth-order valence-corrected chi connectivity index (χ4v) is 0.796. The smallest absolute Gasteiger partial charge is 0.239 e. The van der Waals surface area contributed by atoms with Gasteiger partial charge in [0.05, 0.1) is 6.54 Å². The van der Waals surface area contributed by atoms with E-state index in [1.807, 2.05) is 0 Å². The Morgan fingerprint density at radius 3 is 2.54 bits per heavy atom. The summed E-state index contributed by atoms with van der Waals surface area (Å²) in [4.78, 5) is 21.5. The fourth-order valence-electron chi connectivity index (χ4n) is 0.796. The van der Waals surface area contributed by atoms with Gasteiger partial charge in [-0.15, -0.1) is 0 Å². The number of rotatable bonds is 5. The Bertz CT molecular complexity index is 182. The van der Waals surface area contributed by atoms with Crippen LogP contribution in [0.2, 0.25) is 0 Å². The zero-order valence-electron chi connectivity index (χ0n) is 7.96. The molecule has 2 amide bonds. The van der Waals surface area contributed by atoms with Crippen molar-refractivity contribution in [3.05, 3.63) is 0 Å². The number of aliphatic hydroxyl groups excluding tert-OH is 1. The van der Waals surface area contributed by atoms with Crippen molar-refractivity contribution < 1.29 is 14.7 Å². The van der Waals surface area contributed by atoms with E-state index < -0.39 is 0 Å². The lowest BCUT2D eigenvalue weighted by atomic mass is 10.2. The minimum absolute atomic E-state index is 0.00883. The Hall–Kier alpha value is -1.10.